The van der Waals surface area contributed by atoms with Crippen molar-refractivity contribution in [1.29, 1.82) is 0 Å². The van der Waals surface area contributed by atoms with Crippen LogP contribution in [0, 0.1) is 0 Å². The fourth-order valence-electron chi connectivity index (χ4n) is 3.55. The molecule has 0 spiro atoms. The quantitative estimate of drug-likeness (QED) is 0.282. The van der Waals surface area contributed by atoms with E-state index < -0.39 is 23.9 Å². The number of nitrogens with one attached hydrogen (secondary N) is 3. The standard InChI is InChI=1S/C21H27N7O5/c22-17-16-18(28-21(23)27-17)24-10-9-13(25-16)6-3-11-1-4-12(5-2-11)19(31)26-14(20(32)33)7-8-15(29)30/h1-2,4-5,13-14,25H,3,6-10H2,(H,26,31)(H,29,30)(H,32,33)(H5,22,23,24,27,28)/t13?,14-/m0/s1. The summed E-state index contributed by atoms with van der Waals surface area (Å²) in [5, 5.41) is 26.9. The van der Waals surface area contributed by atoms with E-state index in [-0.39, 0.29) is 30.6 Å². The molecule has 0 fully saturated rings. The van der Waals surface area contributed by atoms with Crippen LogP contribution in [0.3, 0.4) is 0 Å². The van der Waals surface area contributed by atoms with Crippen molar-refractivity contribution in [3.05, 3.63) is 35.4 Å². The van der Waals surface area contributed by atoms with E-state index in [2.05, 4.69) is 25.9 Å². The van der Waals surface area contributed by atoms with E-state index in [1.807, 2.05) is 12.1 Å². The Morgan fingerprint density at radius 1 is 1.15 bits per heavy atom. The summed E-state index contributed by atoms with van der Waals surface area (Å²) in [7, 11) is 0. The molecular weight excluding hydrogens is 430 g/mol. The Balaban J connectivity index is 1.56. The van der Waals surface area contributed by atoms with Crippen LogP contribution >= 0.6 is 0 Å². The highest BCUT2D eigenvalue weighted by Crippen LogP contribution is 2.30. The summed E-state index contributed by atoms with van der Waals surface area (Å²) in [6.07, 6.45) is 1.83. The lowest BCUT2D eigenvalue weighted by atomic mass is 10.0. The van der Waals surface area contributed by atoms with Gasteiger partial charge in [0, 0.05) is 24.6 Å². The van der Waals surface area contributed by atoms with Crippen LogP contribution in [0.25, 0.3) is 0 Å². The van der Waals surface area contributed by atoms with Gasteiger partial charge >= 0.3 is 11.9 Å². The first-order valence-corrected chi connectivity index (χ1v) is 10.5. The molecule has 1 amide bonds. The maximum absolute atomic E-state index is 12.4. The molecule has 12 heteroatoms. The summed E-state index contributed by atoms with van der Waals surface area (Å²) < 4.78 is 0. The minimum atomic E-state index is -1.28. The third-order valence-corrected chi connectivity index (χ3v) is 5.34. The molecule has 3 rings (SSSR count). The molecule has 1 unspecified atom stereocenters. The van der Waals surface area contributed by atoms with Gasteiger partial charge in [-0.05, 0) is 43.4 Å². The number of rotatable bonds is 9. The highest BCUT2D eigenvalue weighted by Gasteiger charge is 2.22. The van der Waals surface area contributed by atoms with Crippen molar-refractivity contribution in [1.82, 2.24) is 15.3 Å². The number of aliphatic carboxylic acids is 2. The Labute approximate surface area is 189 Å². The van der Waals surface area contributed by atoms with Gasteiger partial charge in [-0.15, -0.1) is 0 Å². The molecule has 2 aromatic rings. The van der Waals surface area contributed by atoms with Gasteiger partial charge in [-0.3, -0.25) is 9.59 Å². The minimum Gasteiger partial charge on any atom is -0.481 e. The van der Waals surface area contributed by atoms with Gasteiger partial charge in [0.1, 0.15) is 11.7 Å². The smallest absolute Gasteiger partial charge is 0.326 e. The molecule has 33 heavy (non-hydrogen) atoms. The number of nitrogen functional groups attached to an aromatic ring is 2. The number of aryl methyl sites for hydroxylation is 1. The summed E-state index contributed by atoms with van der Waals surface area (Å²) in [5.74, 6) is -1.98. The fourth-order valence-corrected chi connectivity index (χ4v) is 3.55. The number of nitrogens with zero attached hydrogens (tertiary/aromatic N) is 2. The number of anilines is 4. The van der Waals surface area contributed by atoms with Crippen LogP contribution in [-0.2, 0) is 16.0 Å². The zero-order valence-corrected chi connectivity index (χ0v) is 17.9. The van der Waals surface area contributed by atoms with Crippen molar-refractivity contribution in [2.24, 2.45) is 0 Å². The van der Waals surface area contributed by atoms with E-state index in [0.29, 0.717) is 23.6 Å². The van der Waals surface area contributed by atoms with Gasteiger partial charge in [-0.25, -0.2) is 4.79 Å². The van der Waals surface area contributed by atoms with Gasteiger partial charge in [0.05, 0.1) is 0 Å². The highest BCUT2D eigenvalue weighted by molar-refractivity contribution is 5.96. The van der Waals surface area contributed by atoms with Crippen LogP contribution in [0.1, 0.15) is 41.6 Å². The predicted octanol–water partition coefficient (Wildman–Crippen LogP) is 0.918. The largest absolute Gasteiger partial charge is 0.481 e. The lowest BCUT2D eigenvalue weighted by Gasteiger charge is -2.18. The number of carbonyl (C=O) groups is 3. The molecule has 2 atom stereocenters. The lowest BCUT2D eigenvalue weighted by molar-refractivity contribution is -0.140. The van der Waals surface area contributed by atoms with Crippen molar-refractivity contribution >= 4 is 41.1 Å². The number of benzene rings is 1. The van der Waals surface area contributed by atoms with Crippen molar-refractivity contribution in [2.75, 3.05) is 28.6 Å². The van der Waals surface area contributed by atoms with E-state index in [1.54, 1.807) is 12.1 Å². The van der Waals surface area contributed by atoms with Crippen LogP contribution < -0.4 is 27.4 Å². The van der Waals surface area contributed by atoms with Crippen LogP contribution in [0.15, 0.2) is 24.3 Å². The first-order chi connectivity index (χ1) is 15.7. The Hall–Kier alpha value is -4.09. The third kappa shape index (κ3) is 6.45. The second kappa shape index (κ2) is 10.5. The van der Waals surface area contributed by atoms with Crippen molar-refractivity contribution < 1.29 is 24.6 Å². The molecule has 176 valence electrons. The van der Waals surface area contributed by atoms with E-state index in [1.165, 1.54) is 0 Å². The van der Waals surface area contributed by atoms with Gasteiger partial charge in [0.15, 0.2) is 11.6 Å². The van der Waals surface area contributed by atoms with Crippen molar-refractivity contribution in [3.8, 4) is 0 Å². The number of aromatic nitrogens is 2. The summed E-state index contributed by atoms with van der Waals surface area (Å²) in [4.78, 5) is 42.5. The SMILES string of the molecule is Nc1nc(N)c2c(n1)NCCC(CCc1ccc(C(=O)N[C@@H](CCC(=O)O)C(=O)O)cc1)N2. The van der Waals surface area contributed by atoms with E-state index in [4.69, 9.17) is 16.6 Å². The molecule has 2 heterocycles. The first-order valence-electron chi connectivity index (χ1n) is 10.5. The van der Waals surface area contributed by atoms with Gasteiger partial charge in [0.2, 0.25) is 5.95 Å². The van der Waals surface area contributed by atoms with E-state index in [9.17, 15) is 19.5 Å². The molecule has 0 bridgehead atoms. The van der Waals surface area contributed by atoms with Crippen LogP contribution in [-0.4, -0.2) is 56.7 Å². The van der Waals surface area contributed by atoms with E-state index >= 15 is 0 Å². The third-order valence-electron chi connectivity index (χ3n) is 5.34. The molecule has 0 saturated carbocycles. The average Bonchev–Trinajstić information content (AvgIpc) is 2.97. The Bertz CT molecular complexity index is 1030. The molecule has 0 aliphatic carbocycles. The number of hydrogen-bond acceptors (Lipinski definition) is 9. The predicted molar refractivity (Wildman–Crippen MR) is 122 cm³/mol. The number of nitrogens with two attached hydrogens (primary N) is 2. The highest BCUT2D eigenvalue weighted by atomic mass is 16.4. The number of carboxylic acid groups (broad SMARTS) is 2. The number of carbonyl (C=O) groups excluding carboxylic acids is 1. The van der Waals surface area contributed by atoms with Gasteiger partial charge < -0.3 is 37.6 Å². The number of amides is 1. The second-order valence-corrected chi connectivity index (χ2v) is 7.78. The molecule has 0 saturated heterocycles. The van der Waals surface area contributed by atoms with Crippen molar-refractivity contribution in [2.45, 2.75) is 44.2 Å². The van der Waals surface area contributed by atoms with Crippen LogP contribution in [0.2, 0.25) is 0 Å². The Morgan fingerprint density at radius 3 is 2.55 bits per heavy atom. The van der Waals surface area contributed by atoms with E-state index in [0.717, 1.165) is 24.8 Å². The van der Waals surface area contributed by atoms with Crippen LogP contribution in [0.4, 0.5) is 23.3 Å². The topological polar surface area (TPSA) is 206 Å². The number of carboxylic acids is 2. The maximum Gasteiger partial charge on any atom is 0.326 e. The summed E-state index contributed by atoms with van der Waals surface area (Å²) in [5.41, 5.74) is 13.6. The zero-order chi connectivity index (χ0) is 24.0. The molecule has 1 aromatic carbocycles. The maximum atomic E-state index is 12.4. The number of fused-ring (bicyclic) bond motifs is 1. The normalized spacial score (nSPS) is 15.8. The van der Waals surface area contributed by atoms with Gasteiger partial charge in [0.25, 0.3) is 5.91 Å². The zero-order valence-electron chi connectivity index (χ0n) is 17.9. The molecular formula is C21H27N7O5. The minimum absolute atomic E-state index is 0.111. The summed E-state index contributed by atoms with van der Waals surface area (Å²) in [6, 6.07) is 5.71. The average molecular weight is 457 g/mol. The number of hydrogen-bond donors (Lipinski definition) is 7. The molecule has 1 aliphatic rings. The monoisotopic (exact) mass is 457 g/mol. The first kappa shape index (κ1) is 23.6. The summed E-state index contributed by atoms with van der Waals surface area (Å²) in [6.45, 7) is 0.701. The summed E-state index contributed by atoms with van der Waals surface area (Å²) >= 11 is 0. The second-order valence-electron chi connectivity index (χ2n) is 7.78. The van der Waals surface area contributed by atoms with Crippen LogP contribution in [0.5, 0.6) is 0 Å². The van der Waals surface area contributed by atoms with Gasteiger partial charge in [-0.2, -0.15) is 9.97 Å². The fraction of sp³-hybridized carbons (Fsp3) is 0.381. The van der Waals surface area contributed by atoms with Gasteiger partial charge in [-0.1, -0.05) is 12.1 Å². The lowest BCUT2D eigenvalue weighted by Crippen LogP contribution is -2.41. The molecule has 9 N–H and O–H groups in total. The molecule has 1 aliphatic heterocycles. The molecule has 0 radical (unpaired) electrons. The Morgan fingerprint density at radius 2 is 1.88 bits per heavy atom. The molecule has 1 aromatic heterocycles. The molecule has 12 nitrogen and oxygen atoms in total. The van der Waals surface area contributed by atoms with Crippen molar-refractivity contribution in [3.63, 3.8) is 0 Å². The Kier molecular flexibility index (Phi) is 7.49.